The van der Waals surface area contributed by atoms with Crippen LogP contribution >= 0.6 is 11.8 Å². The molecule has 0 aliphatic carbocycles. The van der Waals surface area contributed by atoms with Crippen LogP contribution in [-0.2, 0) is 0 Å². The van der Waals surface area contributed by atoms with Crippen molar-refractivity contribution < 1.29 is 13.9 Å². The molecule has 3 heterocycles. The van der Waals surface area contributed by atoms with Gasteiger partial charge in [0.1, 0.15) is 17.2 Å². The van der Waals surface area contributed by atoms with Gasteiger partial charge in [-0.15, -0.1) is 11.8 Å². The minimum atomic E-state index is -2.99. The fourth-order valence-corrected chi connectivity index (χ4v) is 2.99. The molecular formula is C9H9F2N5OS. The van der Waals surface area contributed by atoms with Crippen molar-refractivity contribution in [2.75, 3.05) is 12.3 Å². The number of fused-ring (bicyclic) bond motifs is 1. The Bertz CT molecular complexity index is 604. The maximum Gasteiger partial charge on any atom is 0.291 e. The third kappa shape index (κ3) is 1.40. The Morgan fingerprint density at radius 2 is 2.22 bits per heavy atom. The zero-order chi connectivity index (χ0) is 12.9. The smallest absolute Gasteiger partial charge is 0.291 e. The normalized spacial score (nSPS) is 26.2. The summed E-state index contributed by atoms with van der Waals surface area (Å²) >= 11 is 0.981. The van der Waals surface area contributed by atoms with Crippen LogP contribution in [0.3, 0.4) is 0 Å². The largest absolute Gasteiger partial charge is 0.395 e. The van der Waals surface area contributed by atoms with Gasteiger partial charge < -0.3 is 10.8 Å². The highest BCUT2D eigenvalue weighted by molar-refractivity contribution is 8.01. The summed E-state index contributed by atoms with van der Waals surface area (Å²) in [7, 11) is 0. The number of anilines is 1. The number of thioether (sulfide) groups is 1. The van der Waals surface area contributed by atoms with E-state index in [2.05, 4.69) is 15.0 Å². The van der Waals surface area contributed by atoms with E-state index in [1.165, 1.54) is 17.2 Å². The molecule has 18 heavy (non-hydrogen) atoms. The Labute approximate surface area is 104 Å². The van der Waals surface area contributed by atoms with Crippen LogP contribution in [0.25, 0.3) is 11.2 Å². The molecule has 1 saturated heterocycles. The molecule has 3 rings (SSSR count). The second-order valence-electron chi connectivity index (χ2n) is 3.92. The lowest BCUT2D eigenvalue weighted by atomic mass is 10.2. The highest BCUT2D eigenvalue weighted by Gasteiger charge is 2.59. The van der Waals surface area contributed by atoms with Crippen molar-refractivity contribution in [3.8, 4) is 0 Å². The number of rotatable bonds is 2. The summed E-state index contributed by atoms with van der Waals surface area (Å²) in [5.74, 6) is -2.84. The Balaban J connectivity index is 2.04. The van der Waals surface area contributed by atoms with Gasteiger partial charge in [0.05, 0.1) is 18.2 Å². The van der Waals surface area contributed by atoms with E-state index >= 15 is 0 Å². The van der Waals surface area contributed by atoms with Crippen LogP contribution in [0.1, 0.15) is 5.37 Å². The molecule has 1 aliphatic rings. The van der Waals surface area contributed by atoms with Gasteiger partial charge in [-0.25, -0.2) is 23.7 Å². The van der Waals surface area contributed by atoms with Crippen molar-refractivity contribution in [3.63, 3.8) is 0 Å². The number of hydrogen-bond donors (Lipinski definition) is 2. The summed E-state index contributed by atoms with van der Waals surface area (Å²) < 4.78 is 28.8. The van der Waals surface area contributed by atoms with Crippen LogP contribution in [0.15, 0.2) is 12.7 Å². The lowest BCUT2D eigenvalue weighted by molar-refractivity contribution is -0.0520. The number of nitrogens with two attached hydrogens (primary N) is 1. The number of nitrogens with zero attached hydrogens (tertiary/aromatic N) is 4. The number of aliphatic hydroxyl groups excluding tert-OH is 1. The van der Waals surface area contributed by atoms with Crippen molar-refractivity contribution in [1.29, 1.82) is 0 Å². The zero-order valence-corrected chi connectivity index (χ0v) is 9.81. The van der Waals surface area contributed by atoms with Gasteiger partial charge >= 0.3 is 0 Å². The predicted molar refractivity (Wildman–Crippen MR) is 62.2 cm³/mol. The third-order valence-corrected chi connectivity index (χ3v) is 4.45. The minimum Gasteiger partial charge on any atom is -0.395 e. The van der Waals surface area contributed by atoms with Gasteiger partial charge in [-0.1, -0.05) is 0 Å². The fraction of sp³-hybridized carbons (Fsp3) is 0.444. The molecule has 2 aromatic rings. The number of alkyl halides is 2. The summed E-state index contributed by atoms with van der Waals surface area (Å²) in [4.78, 5) is 11.6. The molecule has 3 N–H and O–H groups in total. The molecule has 0 saturated carbocycles. The monoisotopic (exact) mass is 273 g/mol. The summed E-state index contributed by atoms with van der Waals surface area (Å²) in [6.07, 6.45) is 2.48. The molecule has 0 aromatic carbocycles. The zero-order valence-electron chi connectivity index (χ0n) is 8.99. The average molecular weight is 273 g/mol. The Kier molecular flexibility index (Phi) is 2.42. The summed E-state index contributed by atoms with van der Waals surface area (Å²) in [6, 6.07) is 0. The van der Waals surface area contributed by atoms with Crippen molar-refractivity contribution in [2.24, 2.45) is 0 Å². The lowest BCUT2D eigenvalue weighted by Crippen LogP contribution is -2.50. The van der Waals surface area contributed by atoms with Gasteiger partial charge in [-0.3, -0.25) is 4.57 Å². The van der Waals surface area contributed by atoms with Gasteiger partial charge in [0.2, 0.25) is 0 Å². The van der Waals surface area contributed by atoms with Crippen LogP contribution < -0.4 is 5.73 Å². The minimum absolute atomic E-state index is 0.157. The van der Waals surface area contributed by atoms with Gasteiger partial charge in [0.15, 0.2) is 11.5 Å². The first kappa shape index (κ1) is 11.6. The van der Waals surface area contributed by atoms with E-state index in [-0.39, 0.29) is 11.5 Å². The highest BCUT2D eigenvalue weighted by Crippen LogP contribution is 2.57. The van der Waals surface area contributed by atoms with Crippen molar-refractivity contribution in [3.05, 3.63) is 12.7 Å². The van der Waals surface area contributed by atoms with Crippen LogP contribution in [0.4, 0.5) is 14.6 Å². The van der Waals surface area contributed by atoms with Crippen LogP contribution in [0, 0.1) is 0 Å². The maximum atomic E-state index is 13.8. The first-order valence-electron chi connectivity index (χ1n) is 5.13. The molecule has 1 fully saturated rings. The number of aliphatic hydroxyl groups is 1. The molecule has 0 spiro atoms. The van der Waals surface area contributed by atoms with E-state index in [1.54, 1.807) is 0 Å². The number of aromatic nitrogens is 4. The van der Waals surface area contributed by atoms with Crippen molar-refractivity contribution >= 4 is 28.7 Å². The van der Waals surface area contributed by atoms with Crippen LogP contribution in [-0.4, -0.2) is 42.4 Å². The first-order chi connectivity index (χ1) is 8.55. The van der Waals surface area contributed by atoms with Crippen LogP contribution in [0.2, 0.25) is 0 Å². The van der Waals surface area contributed by atoms with Crippen molar-refractivity contribution in [1.82, 2.24) is 19.5 Å². The molecule has 9 heteroatoms. The number of halogens is 2. The standard InChI is InChI=1S/C9H9F2N5OS/c10-9(11)4(1-17)18-8(9)16-3-15-5-6(12)13-2-14-7(5)16/h2-4,8,17H,1H2,(H2,12,13,14)/t4-,8-/m1/s1. The molecule has 0 bridgehead atoms. The SMILES string of the molecule is Nc1ncnc2c1ncn2[C@@H]1S[C@H](CO)C1(F)F. The lowest BCUT2D eigenvalue weighted by Gasteiger charge is -2.43. The average Bonchev–Trinajstić information content (AvgIpc) is 2.74. The quantitative estimate of drug-likeness (QED) is 0.835. The van der Waals surface area contributed by atoms with Gasteiger partial charge in [0.25, 0.3) is 5.92 Å². The molecule has 96 valence electrons. The second-order valence-corrected chi connectivity index (χ2v) is 5.20. The molecule has 0 unspecified atom stereocenters. The third-order valence-electron chi connectivity index (χ3n) is 2.86. The number of imidazole rings is 1. The molecule has 0 radical (unpaired) electrons. The molecule has 0 amide bonds. The molecule has 2 atom stereocenters. The fourth-order valence-electron chi connectivity index (χ4n) is 1.88. The Morgan fingerprint density at radius 1 is 1.44 bits per heavy atom. The van der Waals surface area contributed by atoms with Crippen LogP contribution in [0.5, 0.6) is 0 Å². The number of hydrogen-bond acceptors (Lipinski definition) is 6. The Hall–Kier alpha value is -1.48. The van der Waals surface area contributed by atoms with Gasteiger partial charge in [-0.2, -0.15) is 0 Å². The number of nitrogen functional groups attached to an aromatic ring is 1. The first-order valence-corrected chi connectivity index (χ1v) is 6.07. The van der Waals surface area contributed by atoms with E-state index in [0.717, 1.165) is 11.8 Å². The molecular weight excluding hydrogens is 264 g/mol. The predicted octanol–water partition coefficient (Wildman–Crippen LogP) is 0.650. The Morgan fingerprint density at radius 3 is 2.89 bits per heavy atom. The van der Waals surface area contributed by atoms with E-state index in [4.69, 9.17) is 10.8 Å². The molecule has 1 aliphatic heterocycles. The van der Waals surface area contributed by atoms with E-state index in [1.807, 2.05) is 0 Å². The summed E-state index contributed by atoms with van der Waals surface area (Å²) in [5.41, 5.74) is 6.17. The summed E-state index contributed by atoms with van der Waals surface area (Å²) in [6.45, 7) is -0.558. The summed E-state index contributed by atoms with van der Waals surface area (Å²) in [5, 5.41) is 6.62. The van der Waals surface area contributed by atoms with E-state index in [9.17, 15) is 8.78 Å². The molecule has 6 nitrogen and oxygen atoms in total. The second kappa shape index (κ2) is 3.75. The van der Waals surface area contributed by atoms with Crippen molar-refractivity contribution in [2.45, 2.75) is 16.5 Å². The van der Waals surface area contributed by atoms with E-state index in [0.29, 0.717) is 5.52 Å². The molecule has 2 aromatic heterocycles. The highest BCUT2D eigenvalue weighted by atomic mass is 32.2. The van der Waals surface area contributed by atoms with E-state index < -0.39 is 23.2 Å². The van der Waals surface area contributed by atoms with Gasteiger partial charge in [-0.05, 0) is 0 Å². The maximum absolute atomic E-state index is 13.8. The topological polar surface area (TPSA) is 89.9 Å². The van der Waals surface area contributed by atoms with Gasteiger partial charge in [0, 0.05) is 0 Å².